The highest BCUT2D eigenvalue weighted by atomic mass is 35.5. The topological polar surface area (TPSA) is 66.5 Å². The molecule has 2 bridgehead atoms. The molecule has 4 aromatic carbocycles. The Labute approximate surface area is 260 Å². The summed E-state index contributed by atoms with van der Waals surface area (Å²) < 4.78 is 41.4. The van der Waals surface area contributed by atoms with E-state index in [1.807, 2.05) is 0 Å². The Morgan fingerprint density at radius 2 is 1.16 bits per heavy atom. The number of para-hydroxylation sites is 1. The summed E-state index contributed by atoms with van der Waals surface area (Å²) in [6.07, 6.45) is -4.89. The summed E-state index contributed by atoms with van der Waals surface area (Å²) in [7, 11) is 0. The third-order valence-electron chi connectivity index (χ3n) is 9.00. The molecule has 1 N–H and O–H groups in total. The molecular formula is C34H23Cl2F3N2O3. The Bertz CT molecular complexity index is 1720. The first-order chi connectivity index (χ1) is 21.0. The van der Waals surface area contributed by atoms with Crippen molar-refractivity contribution in [3.63, 3.8) is 0 Å². The molecule has 3 amide bonds. The van der Waals surface area contributed by atoms with Crippen LogP contribution in [0, 0.1) is 11.8 Å². The number of likely N-dealkylation sites (tertiary alicyclic amines) is 1. The van der Waals surface area contributed by atoms with E-state index in [0.717, 1.165) is 17.0 Å². The zero-order chi connectivity index (χ0) is 31.0. The van der Waals surface area contributed by atoms with Gasteiger partial charge < -0.3 is 5.32 Å². The first kappa shape index (κ1) is 28.6. The summed E-state index contributed by atoms with van der Waals surface area (Å²) in [6.45, 7) is 0. The van der Waals surface area contributed by atoms with Crippen molar-refractivity contribution in [2.75, 3.05) is 5.32 Å². The van der Waals surface area contributed by atoms with Crippen LogP contribution < -0.4 is 5.32 Å². The van der Waals surface area contributed by atoms with Gasteiger partial charge in [-0.2, -0.15) is 13.2 Å². The normalized spacial score (nSPS) is 25.7. The molecule has 8 rings (SSSR count). The number of carbonyl (C=O) groups excluding carboxylic acids is 3. The predicted octanol–water partition coefficient (Wildman–Crippen LogP) is 6.85. The number of nitrogens with one attached hydrogen (secondary N) is 1. The van der Waals surface area contributed by atoms with Crippen molar-refractivity contribution in [3.05, 3.63) is 137 Å². The summed E-state index contributed by atoms with van der Waals surface area (Å²) in [5, 5.41) is 2.36. The van der Waals surface area contributed by atoms with Crippen molar-refractivity contribution < 1.29 is 27.6 Å². The first-order valence-electron chi connectivity index (χ1n) is 13.9. The molecule has 222 valence electrons. The van der Waals surface area contributed by atoms with Crippen molar-refractivity contribution in [1.82, 2.24) is 4.90 Å². The summed E-state index contributed by atoms with van der Waals surface area (Å²) >= 11 is 15.0. The molecule has 0 radical (unpaired) electrons. The SMILES string of the molecule is O=C(Nc1ccccc1C(F)(F)F)[C@@H](Cc1ccccc1)N1C(=O)[C@@H]2[C@H](C1=O)C1(Cl)c3ccccc3C2(Cl)c2ccccc21. The van der Waals surface area contributed by atoms with Crippen molar-refractivity contribution in [2.24, 2.45) is 11.8 Å². The van der Waals surface area contributed by atoms with E-state index in [4.69, 9.17) is 23.2 Å². The van der Waals surface area contributed by atoms with E-state index in [9.17, 15) is 27.6 Å². The van der Waals surface area contributed by atoms with Crippen molar-refractivity contribution >= 4 is 46.6 Å². The Balaban J connectivity index is 1.36. The van der Waals surface area contributed by atoms with Crippen molar-refractivity contribution in [2.45, 2.75) is 28.4 Å². The van der Waals surface area contributed by atoms with E-state index in [0.29, 0.717) is 27.8 Å². The van der Waals surface area contributed by atoms with Gasteiger partial charge in [-0.15, -0.1) is 23.2 Å². The number of benzene rings is 4. The molecule has 4 aliphatic rings. The molecule has 3 atom stereocenters. The lowest BCUT2D eigenvalue weighted by atomic mass is 9.54. The lowest BCUT2D eigenvalue weighted by molar-refractivity contribution is -0.147. The number of alkyl halides is 5. The minimum atomic E-state index is -4.75. The molecule has 44 heavy (non-hydrogen) atoms. The van der Waals surface area contributed by atoms with E-state index < -0.39 is 62.8 Å². The van der Waals surface area contributed by atoms with E-state index in [-0.39, 0.29) is 6.42 Å². The number of anilines is 1. The highest BCUT2D eigenvalue weighted by Gasteiger charge is 2.73. The van der Waals surface area contributed by atoms with Gasteiger partial charge in [-0.1, -0.05) is 91.0 Å². The van der Waals surface area contributed by atoms with Gasteiger partial charge in [-0.25, -0.2) is 0 Å². The van der Waals surface area contributed by atoms with E-state index in [1.165, 1.54) is 12.1 Å². The summed E-state index contributed by atoms with van der Waals surface area (Å²) in [5.41, 5.74) is 1.46. The van der Waals surface area contributed by atoms with E-state index >= 15 is 0 Å². The van der Waals surface area contributed by atoms with Gasteiger partial charge in [0.2, 0.25) is 17.7 Å². The predicted molar refractivity (Wildman–Crippen MR) is 159 cm³/mol. The number of amides is 3. The molecule has 10 heteroatoms. The zero-order valence-electron chi connectivity index (χ0n) is 22.8. The second-order valence-corrected chi connectivity index (χ2v) is 12.4. The van der Waals surface area contributed by atoms with Crippen LogP contribution in [0.4, 0.5) is 18.9 Å². The van der Waals surface area contributed by atoms with E-state index in [2.05, 4.69) is 5.32 Å². The quantitative estimate of drug-likeness (QED) is 0.193. The fraction of sp³-hybridized carbons (Fsp3) is 0.206. The maximum atomic E-state index is 14.5. The molecule has 1 saturated heterocycles. The molecule has 0 aromatic heterocycles. The fourth-order valence-electron chi connectivity index (χ4n) is 7.19. The standard InChI is InChI=1S/C34H23Cl2F3N2O3/c35-32-20-12-4-5-13-21(20)33(36,23-15-7-6-14-22(23)32)28-27(32)30(43)41(31(28)44)26(18-19-10-2-1-3-11-19)29(42)40-25-17-9-8-16-24(25)34(37,38)39/h1-17,26-28H,18H2,(H,40,42)/t26-,27-,28+,32?,33?/m1/s1. The number of hydrogen-bond donors (Lipinski definition) is 1. The minimum absolute atomic E-state index is 0.137. The molecular weight excluding hydrogens is 612 g/mol. The molecule has 1 aliphatic heterocycles. The lowest BCUT2D eigenvalue weighted by Crippen LogP contribution is -2.57. The number of rotatable bonds is 5. The Morgan fingerprint density at radius 1 is 0.727 bits per heavy atom. The molecule has 0 saturated carbocycles. The van der Waals surface area contributed by atoms with Crippen LogP contribution in [-0.2, 0) is 36.7 Å². The summed E-state index contributed by atoms with van der Waals surface area (Å²) in [6, 6.07) is 26.0. The monoisotopic (exact) mass is 634 g/mol. The van der Waals surface area contributed by atoms with Crippen LogP contribution in [0.25, 0.3) is 0 Å². The van der Waals surface area contributed by atoms with Gasteiger partial charge in [0.05, 0.1) is 23.1 Å². The second-order valence-electron chi connectivity index (χ2n) is 11.3. The van der Waals surface area contributed by atoms with Gasteiger partial charge in [0, 0.05) is 6.42 Å². The highest BCUT2D eigenvalue weighted by molar-refractivity contribution is 6.36. The number of hydrogen-bond acceptors (Lipinski definition) is 3. The Morgan fingerprint density at radius 3 is 1.64 bits per heavy atom. The maximum Gasteiger partial charge on any atom is 0.418 e. The zero-order valence-corrected chi connectivity index (χ0v) is 24.3. The third kappa shape index (κ3) is 3.90. The third-order valence-corrected chi connectivity index (χ3v) is 10.3. The Kier molecular flexibility index (Phi) is 6.47. The molecule has 5 nitrogen and oxygen atoms in total. The van der Waals surface area contributed by atoms with Crippen LogP contribution in [0.1, 0.15) is 33.4 Å². The number of imide groups is 1. The summed E-state index contributed by atoms with van der Waals surface area (Å²) in [5.74, 6) is -4.67. The molecule has 1 heterocycles. The van der Waals surface area contributed by atoms with E-state index in [1.54, 1.807) is 78.9 Å². The average molecular weight is 635 g/mol. The van der Waals surface area contributed by atoms with Crippen LogP contribution in [0.15, 0.2) is 103 Å². The average Bonchev–Trinajstić information content (AvgIpc) is 3.29. The molecule has 1 fully saturated rings. The summed E-state index contributed by atoms with van der Waals surface area (Å²) in [4.78, 5) is 41.0. The van der Waals surface area contributed by atoms with Gasteiger partial charge in [0.15, 0.2) is 0 Å². The molecule has 4 aromatic rings. The van der Waals surface area contributed by atoms with Gasteiger partial charge in [-0.3, -0.25) is 19.3 Å². The Hall–Kier alpha value is -4.14. The number of nitrogens with zero attached hydrogens (tertiary/aromatic N) is 1. The van der Waals surface area contributed by atoms with Crippen molar-refractivity contribution in [3.8, 4) is 0 Å². The minimum Gasteiger partial charge on any atom is -0.324 e. The maximum absolute atomic E-state index is 14.5. The van der Waals surface area contributed by atoms with Crippen LogP contribution in [0.2, 0.25) is 0 Å². The van der Waals surface area contributed by atoms with Crippen LogP contribution in [0.3, 0.4) is 0 Å². The van der Waals surface area contributed by atoms with Crippen LogP contribution in [-0.4, -0.2) is 28.7 Å². The fourth-order valence-corrected chi connectivity index (χ4v) is 8.29. The van der Waals surface area contributed by atoms with Crippen LogP contribution in [0.5, 0.6) is 0 Å². The van der Waals surface area contributed by atoms with Gasteiger partial charge in [0.1, 0.15) is 15.8 Å². The lowest BCUT2D eigenvalue weighted by Gasteiger charge is -2.54. The van der Waals surface area contributed by atoms with Gasteiger partial charge in [-0.05, 0) is 39.9 Å². The first-order valence-corrected chi connectivity index (χ1v) is 14.7. The second kappa shape index (κ2) is 9.94. The van der Waals surface area contributed by atoms with Gasteiger partial charge >= 0.3 is 6.18 Å². The smallest absolute Gasteiger partial charge is 0.324 e. The van der Waals surface area contributed by atoms with Crippen molar-refractivity contribution in [1.29, 1.82) is 0 Å². The molecule has 3 aliphatic carbocycles. The number of carbonyl (C=O) groups is 3. The van der Waals surface area contributed by atoms with Crippen LogP contribution >= 0.6 is 23.2 Å². The largest absolute Gasteiger partial charge is 0.418 e. The highest BCUT2D eigenvalue weighted by Crippen LogP contribution is 2.69. The number of halogens is 5. The van der Waals surface area contributed by atoms with Gasteiger partial charge in [0.25, 0.3) is 0 Å². The molecule has 0 unspecified atom stereocenters. The molecule has 0 spiro atoms.